The van der Waals surface area contributed by atoms with Crippen LogP contribution in [0.5, 0.6) is 0 Å². The Bertz CT molecular complexity index is 2410. The summed E-state index contributed by atoms with van der Waals surface area (Å²) in [5.41, 5.74) is 12.1. The van der Waals surface area contributed by atoms with E-state index in [0.29, 0.717) is 23.7 Å². The van der Waals surface area contributed by atoms with Crippen molar-refractivity contribution in [3.63, 3.8) is 0 Å². The van der Waals surface area contributed by atoms with Gasteiger partial charge in [-0.3, -0.25) is 0 Å². The van der Waals surface area contributed by atoms with E-state index in [9.17, 15) is 0 Å². The van der Waals surface area contributed by atoms with Crippen LogP contribution in [0, 0.1) is 0 Å². The minimum atomic E-state index is 0. The molecule has 2 aliphatic rings. The number of hydrogen-bond acceptors (Lipinski definition) is 0. The Balaban J connectivity index is 0.000000162. The molecule has 10 rings (SSSR count). The van der Waals surface area contributed by atoms with Crippen LogP contribution in [0.25, 0.3) is 43.1 Å². The SMILES string of the molecule is CC(C)c1cc2c(C3Cc4cccc5cccc3c45)cccc2[cH-]1.CC(C)c1cc2c(C3Cc4cccc5cccc3c45)cccc2[cH-]1.C[Si](C)=[Zr+2].[Cl-].[Cl-]. The van der Waals surface area contributed by atoms with E-state index in [4.69, 9.17) is 0 Å². The topological polar surface area (TPSA) is 0 Å². The van der Waals surface area contributed by atoms with Gasteiger partial charge >= 0.3 is 41.9 Å². The van der Waals surface area contributed by atoms with Gasteiger partial charge in [-0.05, 0) is 68.5 Å². The van der Waals surface area contributed by atoms with E-state index in [2.05, 4.69) is 174 Å². The fourth-order valence-electron chi connectivity index (χ4n) is 8.87. The summed E-state index contributed by atoms with van der Waals surface area (Å²) in [5, 5.41) is 11.4. The van der Waals surface area contributed by atoms with E-state index in [1.54, 1.807) is 23.3 Å². The molecule has 0 fully saturated rings. The first-order valence-electron chi connectivity index (χ1n) is 19.1. The van der Waals surface area contributed by atoms with Crippen molar-refractivity contribution in [2.75, 3.05) is 0 Å². The van der Waals surface area contributed by atoms with Gasteiger partial charge in [0.25, 0.3) is 0 Å². The van der Waals surface area contributed by atoms with Crippen molar-refractivity contribution in [3.05, 3.63) is 178 Å². The molecule has 0 nitrogen and oxygen atoms in total. The first-order valence-corrected chi connectivity index (χ1v) is 25.3. The van der Waals surface area contributed by atoms with Crippen LogP contribution >= 0.6 is 0 Å². The third-order valence-corrected chi connectivity index (χ3v) is 11.3. The number of benzene rings is 6. The standard InChI is InChI=1S/2C24H21.C2H6Si.2ClH.Zr/c2*1-15(2)19-12-17-8-5-10-20(22(17)14-19)23-13-18-9-3-6-16-7-4-11-21(23)24(16)18;1-3-2;;;/h2*3-12,14-15,23H,13H2,1-2H3;1-2H3;2*1H;/q2*-1;;;;+2/p-2. The monoisotopic (exact) mass is 836 g/mol. The molecule has 0 bridgehead atoms. The van der Waals surface area contributed by atoms with Gasteiger partial charge in [0.05, 0.1) is 0 Å². The smallest absolute Gasteiger partial charge is 1.00 e. The van der Waals surface area contributed by atoms with E-state index < -0.39 is 0 Å². The average Bonchev–Trinajstić information content (AvgIpc) is 3.93. The third kappa shape index (κ3) is 7.62. The summed E-state index contributed by atoms with van der Waals surface area (Å²) in [4.78, 5) is 0. The van der Waals surface area contributed by atoms with Gasteiger partial charge in [0.2, 0.25) is 0 Å². The zero-order chi connectivity index (χ0) is 36.1. The molecule has 0 radical (unpaired) electrons. The van der Waals surface area contributed by atoms with Gasteiger partial charge in [-0.25, -0.2) is 0 Å². The number of hydrogen-bond donors (Lipinski definition) is 0. The fraction of sp³-hybridized carbons (Fsp3) is 0.240. The van der Waals surface area contributed by atoms with Crippen molar-refractivity contribution in [1.29, 1.82) is 0 Å². The summed E-state index contributed by atoms with van der Waals surface area (Å²) in [6.07, 6.45) is 2.25. The maximum Gasteiger partial charge on any atom is -1.00 e. The molecule has 0 saturated carbocycles. The molecule has 272 valence electrons. The van der Waals surface area contributed by atoms with E-state index in [0.717, 1.165) is 12.8 Å². The van der Waals surface area contributed by atoms with Gasteiger partial charge in [0, 0.05) is 11.8 Å². The van der Waals surface area contributed by atoms with Crippen LogP contribution in [0.3, 0.4) is 0 Å². The number of halogens is 2. The quantitative estimate of drug-likeness (QED) is 0.125. The molecular weight excluding hydrogens is 791 g/mol. The fourth-order valence-corrected chi connectivity index (χ4v) is 8.87. The number of rotatable bonds is 4. The van der Waals surface area contributed by atoms with E-state index >= 15 is 0 Å². The van der Waals surface area contributed by atoms with E-state index in [-0.39, 0.29) is 30.2 Å². The molecule has 54 heavy (non-hydrogen) atoms. The van der Waals surface area contributed by atoms with Crippen LogP contribution < -0.4 is 24.8 Å². The molecule has 4 heteroatoms. The van der Waals surface area contributed by atoms with Gasteiger partial charge in [0.1, 0.15) is 0 Å². The number of fused-ring (bicyclic) bond motifs is 2. The van der Waals surface area contributed by atoms with Crippen LogP contribution in [0.15, 0.2) is 133 Å². The van der Waals surface area contributed by atoms with Gasteiger partial charge in [-0.15, -0.1) is 69.1 Å². The molecule has 0 heterocycles. The largest absolute Gasteiger partial charge is 1.00 e. The molecular formula is C50H48Cl2SiZr-2. The van der Waals surface area contributed by atoms with Crippen molar-refractivity contribution < 1.29 is 48.1 Å². The molecule has 8 aromatic carbocycles. The molecule has 2 unspecified atom stereocenters. The summed E-state index contributed by atoms with van der Waals surface area (Å²) < 4.78 is 0. The molecule has 0 amide bonds. The Hall–Kier alpha value is -3.26. The summed E-state index contributed by atoms with van der Waals surface area (Å²) >= 11 is 1.74. The predicted octanol–water partition coefficient (Wildman–Crippen LogP) is 7.84. The minimum Gasteiger partial charge on any atom is -1.00 e. The van der Waals surface area contributed by atoms with Gasteiger partial charge in [-0.2, -0.15) is 12.1 Å². The summed E-state index contributed by atoms with van der Waals surface area (Å²) in [6, 6.07) is 50.2. The average molecular weight is 839 g/mol. The Morgan fingerprint density at radius 3 is 1.22 bits per heavy atom. The summed E-state index contributed by atoms with van der Waals surface area (Å²) in [6.45, 7) is 13.7. The second-order valence-electron chi connectivity index (χ2n) is 15.8. The Morgan fingerprint density at radius 1 is 0.519 bits per heavy atom. The van der Waals surface area contributed by atoms with Gasteiger partial charge < -0.3 is 24.8 Å². The molecule has 0 saturated heterocycles. The predicted molar refractivity (Wildman–Crippen MR) is 224 cm³/mol. The maximum atomic E-state index is 2.42. The zero-order valence-corrected chi connectivity index (χ0v) is 37.2. The van der Waals surface area contributed by atoms with Crippen LogP contribution in [-0.4, -0.2) is 5.43 Å². The van der Waals surface area contributed by atoms with Crippen LogP contribution in [-0.2, 0) is 36.2 Å². The van der Waals surface area contributed by atoms with E-state index in [1.807, 2.05) is 0 Å². The normalized spacial score (nSPS) is 15.2. The van der Waals surface area contributed by atoms with Gasteiger partial charge in [0.15, 0.2) is 0 Å². The molecule has 0 N–H and O–H groups in total. The molecule has 2 aliphatic carbocycles. The Morgan fingerprint density at radius 2 is 0.852 bits per heavy atom. The molecule has 0 aliphatic heterocycles. The zero-order valence-electron chi connectivity index (χ0n) is 32.2. The second-order valence-corrected chi connectivity index (χ2v) is 25.2. The first-order chi connectivity index (χ1) is 25.2. The van der Waals surface area contributed by atoms with Crippen molar-refractivity contribution >= 4 is 48.5 Å². The van der Waals surface area contributed by atoms with Gasteiger partial charge in [-0.1, -0.05) is 124 Å². The van der Waals surface area contributed by atoms with Crippen molar-refractivity contribution in [3.8, 4) is 0 Å². The summed E-state index contributed by atoms with van der Waals surface area (Å²) in [5.74, 6) is 2.12. The third-order valence-electron chi connectivity index (χ3n) is 11.3. The molecule has 0 aromatic heterocycles. The maximum absolute atomic E-state index is 2.42. The van der Waals surface area contributed by atoms with Crippen molar-refractivity contribution in [1.82, 2.24) is 0 Å². The first kappa shape index (κ1) is 40.4. The second kappa shape index (κ2) is 16.9. The van der Waals surface area contributed by atoms with Crippen molar-refractivity contribution in [2.24, 2.45) is 0 Å². The molecule has 8 aromatic rings. The van der Waals surface area contributed by atoms with Crippen molar-refractivity contribution in [2.45, 2.75) is 77.3 Å². The van der Waals surface area contributed by atoms with Crippen LogP contribution in [0.2, 0.25) is 13.1 Å². The summed E-state index contributed by atoms with van der Waals surface area (Å²) in [7, 11) is 0. The Kier molecular flexibility index (Phi) is 12.6. The molecule has 2 atom stereocenters. The molecule has 0 spiro atoms. The van der Waals surface area contributed by atoms with Crippen LogP contribution in [0.4, 0.5) is 0 Å². The van der Waals surface area contributed by atoms with Crippen LogP contribution in [0.1, 0.15) is 95.9 Å². The Labute approximate surface area is 349 Å². The van der Waals surface area contributed by atoms with E-state index in [1.165, 1.54) is 87.6 Å². The minimum absolute atomic E-state index is 0.